The van der Waals surface area contributed by atoms with Crippen molar-refractivity contribution in [2.45, 2.75) is 0 Å². The molecule has 0 saturated carbocycles. The Balaban J connectivity index is 2.22. The van der Waals surface area contributed by atoms with Crippen LogP contribution >= 0.6 is 11.6 Å². The van der Waals surface area contributed by atoms with Crippen LogP contribution in [0.2, 0.25) is 5.02 Å². The fourth-order valence-corrected chi connectivity index (χ4v) is 1.49. The van der Waals surface area contributed by atoms with Gasteiger partial charge in [-0.05, 0) is 30.3 Å². The van der Waals surface area contributed by atoms with E-state index in [1.807, 2.05) is 0 Å². The number of aromatic nitrogens is 1. The quantitative estimate of drug-likeness (QED) is 0.821. The average molecular weight is 266 g/mol. The van der Waals surface area contributed by atoms with Crippen LogP contribution in [0.15, 0.2) is 36.5 Å². The SMILES string of the molecule is Nc1ccc(C(=O)Nc2ncccc2Cl)cc1F. The van der Waals surface area contributed by atoms with Gasteiger partial charge in [-0.3, -0.25) is 4.79 Å². The van der Waals surface area contributed by atoms with Gasteiger partial charge in [0.05, 0.1) is 10.7 Å². The summed E-state index contributed by atoms with van der Waals surface area (Å²) in [5.74, 6) is -0.925. The predicted octanol–water partition coefficient (Wildman–Crippen LogP) is 2.71. The molecule has 0 unspecified atom stereocenters. The molecule has 0 aliphatic heterocycles. The van der Waals surface area contributed by atoms with Gasteiger partial charge in [-0.15, -0.1) is 0 Å². The number of rotatable bonds is 2. The van der Waals surface area contributed by atoms with Crippen LogP contribution in [-0.4, -0.2) is 10.9 Å². The maximum atomic E-state index is 13.2. The van der Waals surface area contributed by atoms with Gasteiger partial charge in [0.1, 0.15) is 5.82 Å². The molecule has 18 heavy (non-hydrogen) atoms. The zero-order chi connectivity index (χ0) is 13.1. The molecular formula is C12H9ClFN3O. The van der Waals surface area contributed by atoms with Crippen molar-refractivity contribution in [3.8, 4) is 0 Å². The van der Waals surface area contributed by atoms with Gasteiger partial charge in [0.2, 0.25) is 0 Å². The predicted molar refractivity (Wildman–Crippen MR) is 68.0 cm³/mol. The first kappa shape index (κ1) is 12.3. The van der Waals surface area contributed by atoms with E-state index in [9.17, 15) is 9.18 Å². The van der Waals surface area contributed by atoms with E-state index in [0.29, 0.717) is 5.02 Å². The Morgan fingerprint density at radius 2 is 2.17 bits per heavy atom. The van der Waals surface area contributed by atoms with Gasteiger partial charge in [0.15, 0.2) is 5.82 Å². The number of pyridine rings is 1. The summed E-state index contributed by atoms with van der Waals surface area (Å²) in [4.78, 5) is 15.7. The smallest absolute Gasteiger partial charge is 0.256 e. The highest BCUT2D eigenvalue weighted by Gasteiger charge is 2.10. The molecular weight excluding hydrogens is 257 g/mol. The van der Waals surface area contributed by atoms with Crippen LogP contribution in [-0.2, 0) is 0 Å². The fraction of sp³-hybridized carbons (Fsp3) is 0. The number of amides is 1. The molecule has 0 bridgehead atoms. The molecule has 1 amide bonds. The van der Waals surface area contributed by atoms with Gasteiger partial charge in [0, 0.05) is 11.8 Å². The molecule has 3 N–H and O–H groups in total. The lowest BCUT2D eigenvalue weighted by molar-refractivity contribution is 0.102. The number of nitrogen functional groups attached to an aromatic ring is 1. The summed E-state index contributed by atoms with van der Waals surface area (Å²) in [5.41, 5.74) is 5.46. The molecule has 1 aromatic carbocycles. The maximum absolute atomic E-state index is 13.2. The lowest BCUT2D eigenvalue weighted by atomic mass is 10.2. The Morgan fingerprint density at radius 3 is 2.83 bits per heavy atom. The first-order valence-corrected chi connectivity index (χ1v) is 5.42. The molecule has 1 aromatic heterocycles. The molecule has 0 spiro atoms. The molecule has 1 heterocycles. The van der Waals surface area contributed by atoms with E-state index in [0.717, 1.165) is 6.07 Å². The molecule has 0 atom stereocenters. The van der Waals surface area contributed by atoms with Gasteiger partial charge in [-0.1, -0.05) is 11.6 Å². The van der Waals surface area contributed by atoms with Gasteiger partial charge >= 0.3 is 0 Å². The van der Waals surface area contributed by atoms with Gasteiger partial charge in [-0.2, -0.15) is 0 Å². The molecule has 0 saturated heterocycles. The number of carbonyl (C=O) groups is 1. The second-order valence-electron chi connectivity index (χ2n) is 3.52. The summed E-state index contributed by atoms with van der Waals surface area (Å²) in [5, 5.41) is 2.79. The Morgan fingerprint density at radius 1 is 1.39 bits per heavy atom. The molecule has 2 rings (SSSR count). The molecule has 92 valence electrons. The van der Waals surface area contributed by atoms with Crippen molar-refractivity contribution in [2.24, 2.45) is 0 Å². The third kappa shape index (κ3) is 2.57. The number of halogens is 2. The monoisotopic (exact) mass is 265 g/mol. The summed E-state index contributed by atoms with van der Waals surface area (Å²) in [6.45, 7) is 0. The number of hydrogen-bond acceptors (Lipinski definition) is 3. The first-order chi connectivity index (χ1) is 8.58. The van der Waals surface area contributed by atoms with Crippen LogP contribution < -0.4 is 11.1 Å². The van der Waals surface area contributed by atoms with E-state index in [-0.39, 0.29) is 17.1 Å². The Hall–Kier alpha value is -2.14. The maximum Gasteiger partial charge on any atom is 0.256 e. The minimum absolute atomic E-state index is 0.0116. The Bertz CT molecular complexity index is 604. The summed E-state index contributed by atoms with van der Waals surface area (Å²) in [6, 6.07) is 7.03. The van der Waals surface area contributed by atoms with Gasteiger partial charge < -0.3 is 11.1 Å². The zero-order valence-electron chi connectivity index (χ0n) is 9.15. The minimum Gasteiger partial charge on any atom is -0.396 e. The molecule has 2 aromatic rings. The van der Waals surface area contributed by atoms with Crippen LogP contribution in [0.3, 0.4) is 0 Å². The minimum atomic E-state index is -0.644. The fourth-order valence-electron chi connectivity index (χ4n) is 1.33. The van der Waals surface area contributed by atoms with Crippen LogP contribution in [0.4, 0.5) is 15.9 Å². The van der Waals surface area contributed by atoms with E-state index in [4.69, 9.17) is 17.3 Å². The molecule has 0 aliphatic carbocycles. The average Bonchev–Trinajstić information content (AvgIpc) is 2.35. The molecule has 4 nitrogen and oxygen atoms in total. The van der Waals surface area contributed by atoms with Crippen molar-refractivity contribution >= 4 is 29.0 Å². The standard InChI is InChI=1S/C12H9ClFN3O/c13-8-2-1-5-16-11(8)17-12(18)7-3-4-10(15)9(14)6-7/h1-6H,15H2,(H,16,17,18). The Kier molecular flexibility index (Phi) is 3.43. The van der Waals surface area contributed by atoms with Crippen molar-refractivity contribution in [3.63, 3.8) is 0 Å². The summed E-state index contributed by atoms with van der Waals surface area (Å²) >= 11 is 5.84. The number of carbonyl (C=O) groups excluding carboxylic acids is 1. The van der Waals surface area contributed by atoms with E-state index in [2.05, 4.69) is 10.3 Å². The first-order valence-electron chi connectivity index (χ1n) is 5.05. The Labute approximate surface area is 108 Å². The lowest BCUT2D eigenvalue weighted by Gasteiger charge is -2.06. The third-order valence-electron chi connectivity index (χ3n) is 2.25. The number of benzene rings is 1. The summed E-state index contributed by atoms with van der Waals surface area (Å²) in [6.07, 6.45) is 1.49. The lowest BCUT2D eigenvalue weighted by Crippen LogP contribution is -2.13. The molecule has 0 fully saturated rings. The number of nitrogens with one attached hydrogen (secondary N) is 1. The van der Waals surface area contributed by atoms with E-state index in [1.54, 1.807) is 12.1 Å². The summed E-state index contributed by atoms with van der Waals surface area (Å²) in [7, 11) is 0. The zero-order valence-corrected chi connectivity index (χ0v) is 9.91. The second kappa shape index (κ2) is 5.01. The highest BCUT2D eigenvalue weighted by atomic mass is 35.5. The molecule has 6 heteroatoms. The topological polar surface area (TPSA) is 68.0 Å². The normalized spacial score (nSPS) is 10.1. The highest BCUT2D eigenvalue weighted by Crippen LogP contribution is 2.19. The third-order valence-corrected chi connectivity index (χ3v) is 2.56. The number of hydrogen-bond donors (Lipinski definition) is 2. The van der Waals surface area contributed by atoms with Crippen molar-refractivity contribution in [3.05, 3.63) is 52.9 Å². The number of nitrogens with zero attached hydrogens (tertiary/aromatic N) is 1. The van der Waals surface area contributed by atoms with E-state index in [1.165, 1.54) is 18.3 Å². The van der Waals surface area contributed by atoms with Gasteiger partial charge in [-0.25, -0.2) is 9.37 Å². The summed E-state index contributed by atoms with van der Waals surface area (Å²) < 4.78 is 13.2. The van der Waals surface area contributed by atoms with Crippen LogP contribution in [0.5, 0.6) is 0 Å². The molecule has 0 aliphatic rings. The number of anilines is 2. The van der Waals surface area contributed by atoms with Crippen molar-refractivity contribution in [1.82, 2.24) is 4.98 Å². The van der Waals surface area contributed by atoms with E-state index < -0.39 is 11.7 Å². The molecule has 0 radical (unpaired) electrons. The van der Waals surface area contributed by atoms with Crippen molar-refractivity contribution in [1.29, 1.82) is 0 Å². The largest absolute Gasteiger partial charge is 0.396 e. The number of nitrogens with two attached hydrogens (primary N) is 1. The van der Waals surface area contributed by atoms with Crippen molar-refractivity contribution < 1.29 is 9.18 Å². The van der Waals surface area contributed by atoms with Crippen LogP contribution in [0.25, 0.3) is 0 Å². The second-order valence-corrected chi connectivity index (χ2v) is 3.93. The van der Waals surface area contributed by atoms with Crippen LogP contribution in [0.1, 0.15) is 10.4 Å². The van der Waals surface area contributed by atoms with Gasteiger partial charge in [0.25, 0.3) is 5.91 Å². The highest BCUT2D eigenvalue weighted by molar-refractivity contribution is 6.33. The van der Waals surface area contributed by atoms with Crippen molar-refractivity contribution in [2.75, 3.05) is 11.1 Å². The van der Waals surface area contributed by atoms with E-state index >= 15 is 0 Å². The van der Waals surface area contributed by atoms with Crippen LogP contribution in [0, 0.1) is 5.82 Å².